The number of halogens is 1. The van der Waals surface area contributed by atoms with E-state index in [1.54, 1.807) is 0 Å². The highest BCUT2D eigenvalue weighted by Gasteiger charge is 2.13. The fourth-order valence-electron chi connectivity index (χ4n) is 1.90. The summed E-state index contributed by atoms with van der Waals surface area (Å²) in [6.45, 7) is 11.4. The molecule has 0 radical (unpaired) electrons. The molecule has 0 aliphatic rings. The van der Waals surface area contributed by atoms with Gasteiger partial charge in [0.25, 0.3) is 0 Å². The predicted octanol–water partition coefficient (Wildman–Crippen LogP) is 4.32. The van der Waals surface area contributed by atoms with Crippen LogP contribution in [0.5, 0.6) is 0 Å². The molecule has 3 nitrogen and oxygen atoms in total. The molecule has 0 bridgehead atoms. The molecule has 1 N–H and O–H groups in total. The summed E-state index contributed by atoms with van der Waals surface area (Å²) in [5, 5.41) is 3.43. The maximum atomic E-state index is 6.01. The zero-order valence-electron chi connectivity index (χ0n) is 13.6. The predicted molar refractivity (Wildman–Crippen MR) is 91.7 cm³/mol. The van der Waals surface area contributed by atoms with E-state index in [4.69, 9.17) is 9.47 Å². The normalized spacial score (nSPS) is 13.4. The Morgan fingerprint density at radius 1 is 1.14 bits per heavy atom. The molecule has 0 aliphatic carbocycles. The molecule has 0 saturated heterocycles. The molecule has 0 spiro atoms. The topological polar surface area (TPSA) is 30.5 Å². The van der Waals surface area contributed by atoms with Crippen molar-refractivity contribution in [1.82, 2.24) is 5.32 Å². The van der Waals surface area contributed by atoms with E-state index in [0.717, 1.165) is 24.0 Å². The first-order valence-electron chi connectivity index (χ1n) is 7.64. The Morgan fingerprint density at radius 3 is 2.38 bits per heavy atom. The quantitative estimate of drug-likeness (QED) is 0.667. The second-order valence-corrected chi connectivity index (χ2v) is 6.99. The third kappa shape index (κ3) is 8.57. The van der Waals surface area contributed by atoms with E-state index in [1.165, 1.54) is 5.56 Å². The molecule has 4 heteroatoms. The van der Waals surface area contributed by atoms with Crippen molar-refractivity contribution in [3.05, 3.63) is 34.3 Å². The summed E-state index contributed by atoms with van der Waals surface area (Å²) in [4.78, 5) is 0. The lowest BCUT2D eigenvalue weighted by Gasteiger charge is -2.22. The summed E-state index contributed by atoms with van der Waals surface area (Å²) < 4.78 is 12.8. The molecule has 120 valence electrons. The average Bonchev–Trinajstić information content (AvgIpc) is 2.41. The fraction of sp³-hybridized carbons (Fsp3) is 0.647. The second kappa shape index (κ2) is 9.57. The number of rotatable bonds is 9. The van der Waals surface area contributed by atoms with Crippen LogP contribution in [-0.2, 0) is 9.47 Å². The van der Waals surface area contributed by atoms with Crippen molar-refractivity contribution in [1.29, 1.82) is 0 Å². The molecule has 0 saturated carbocycles. The maximum absolute atomic E-state index is 6.01. The number of hydrogen-bond acceptors (Lipinski definition) is 3. The van der Waals surface area contributed by atoms with Crippen LogP contribution in [0.3, 0.4) is 0 Å². The zero-order valence-corrected chi connectivity index (χ0v) is 15.2. The van der Waals surface area contributed by atoms with Crippen LogP contribution >= 0.6 is 15.9 Å². The van der Waals surface area contributed by atoms with E-state index in [9.17, 15) is 0 Å². The van der Waals surface area contributed by atoms with Crippen LogP contribution in [0.25, 0.3) is 0 Å². The Hall–Kier alpha value is -0.420. The number of benzene rings is 1. The Kier molecular flexibility index (Phi) is 8.49. The molecule has 0 aliphatic heterocycles. The van der Waals surface area contributed by atoms with Crippen LogP contribution in [0.4, 0.5) is 0 Å². The Labute approximate surface area is 137 Å². The van der Waals surface area contributed by atoms with E-state index in [1.807, 2.05) is 0 Å². The van der Waals surface area contributed by atoms with E-state index in [-0.39, 0.29) is 11.7 Å². The third-order valence-corrected chi connectivity index (χ3v) is 3.46. The van der Waals surface area contributed by atoms with Crippen LogP contribution in [0.2, 0.25) is 0 Å². The maximum Gasteiger partial charge on any atom is 0.0950 e. The molecule has 1 atom stereocenters. The SMILES string of the molecule is CCCNCC(OCCOC(C)(C)C)c1ccc(Br)cc1. The minimum Gasteiger partial charge on any atom is -0.373 e. The Bertz CT molecular complexity index is 387. The molecular formula is C17H28BrNO2. The van der Waals surface area contributed by atoms with Gasteiger partial charge in [0.15, 0.2) is 0 Å². The second-order valence-electron chi connectivity index (χ2n) is 6.08. The summed E-state index contributed by atoms with van der Waals surface area (Å²) in [5.41, 5.74) is 1.08. The summed E-state index contributed by atoms with van der Waals surface area (Å²) >= 11 is 3.47. The first kappa shape index (κ1) is 18.6. The van der Waals surface area contributed by atoms with Gasteiger partial charge in [-0.15, -0.1) is 0 Å². The minimum absolute atomic E-state index is 0.0632. The molecular weight excluding hydrogens is 330 g/mol. The van der Waals surface area contributed by atoms with Gasteiger partial charge in [0, 0.05) is 11.0 Å². The Balaban J connectivity index is 2.50. The van der Waals surface area contributed by atoms with E-state index < -0.39 is 0 Å². The first-order valence-corrected chi connectivity index (χ1v) is 8.43. The summed E-state index contributed by atoms with van der Waals surface area (Å²) in [7, 11) is 0. The summed E-state index contributed by atoms with van der Waals surface area (Å²) in [5.74, 6) is 0. The van der Waals surface area contributed by atoms with Gasteiger partial charge in [-0.1, -0.05) is 35.0 Å². The molecule has 0 heterocycles. The molecule has 21 heavy (non-hydrogen) atoms. The molecule has 1 unspecified atom stereocenters. The average molecular weight is 358 g/mol. The van der Waals surface area contributed by atoms with Crippen molar-refractivity contribution in [2.45, 2.75) is 45.8 Å². The van der Waals surface area contributed by atoms with Gasteiger partial charge >= 0.3 is 0 Å². The van der Waals surface area contributed by atoms with Crippen LogP contribution in [0.1, 0.15) is 45.8 Å². The van der Waals surface area contributed by atoms with Crippen molar-refractivity contribution >= 4 is 15.9 Å². The van der Waals surface area contributed by atoms with Gasteiger partial charge in [-0.25, -0.2) is 0 Å². The third-order valence-electron chi connectivity index (χ3n) is 2.94. The van der Waals surface area contributed by atoms with Crippen molar-refractivity contribution in [2.24, 2.45) is 0 Å². The largest absolute Gasteiger partial charge is 0.373 e. The van der Waals surface area contributed by atoms with E-state index in [0.29, 0.717) is 13.2 Å². The lowest BCUT2D eigenvalue weighted by molar-refractivity contribution is -0.0518. The highest BCUT2D eigenvalue weighted by Crippen LogP contribution is 2.20. The van der Waals surface area contributed by atoms with Crippen LogP contribution in [0, 0.1) is 0 Å². The number of ether oxygens (including phenoxy) is 2. The smallest absolute Gasteiger partial charge is 0.0950 e. The number of hydrogen-bond donors (Lipinski definition) is 1. The molecule has 1 rings (SSSR count). The van der Waals surface area contributed by atoms with Gasteiger partial charge in [0.2, 0.25) is 0 Å². The van der Waals surface area contributed by atoms with Crippen LogP contribution in [0.15, 0.2) is 28.7 Å². The monoisotopic (exact) mass is 357 g/mol. The fourth-order valence-corrected chi connectivity index (χ4v) is 2.16. The minimum atomic E-state index is -0.114. The molecule has 0 fully saturated rings. The van der Waals surface area contributed by atoms with Gasteiger partial charge in [0.05, 0.1) is 24.9 Å². The van der Waals surface area contributed by atoms with Crippen molar-refractivity contribution in [3.8, 4) is 0 Å². The van der Waals surface area contributed by atoms with Gasteiger partial charge in [-0.05, 0) is 51.4 Å². The molecule has 1 aromatic rings. The molecule has 0 aromatic heterocycles. The van der Waals surface area contributed by atoms with Gasteiger partial charge in [-0.3, -0.25) is 0 Å². The highest BCUT2D eigenvalue weighted by atomic mass is 79.9. The van der Waals surface area contributed by atoms with Crippen molar-refractivity contribution < 1.29 is 9.47 Å². The lowest BCUT2D eigenvalue weighted by Crippen LogP contribution is -2.26. The standard InChI is InChI=1S/C17H28BrNO2/c1-5-10-19-13-16(14-6-8-15(18)9-7-14)20-11-12-21-17(2,3)4/h6-9,16,19H,5,10-13H2,1-4H3. The van der Waals surface area contributed by atoms with Gasteiger partial charge < -0.3 is 14.8 Å². The van der Waals surface area contributed by atoms with Gasteiger partial charge in [0.1, 0.15) is 0 Å². The highest BCUT2D eigenvalue weighted by molar-refractivity contribution is 9.10. The van der Waals surface area contributed by atoms with Crippen molar-refractivity contribution in [2.75, 3.05) is 26.3 Å². The summed E-state index contributed by atoms with van der Waals surface area (Å²) in [6, 6.07) is 8.31. The first-order chi connectivity index (χ1) is 9.92. The Morgan fingerprint density at radius 2 is 1.81 bits per heavy atom. The lowest BCUT2D eigenvalue weighted by atomic mass is 10.1. The summed E-state index contributed by atoms with van der Waals surface area (Å²) in [6.07, 6.45) is 1.19. The zero-order chi connectivity index (χ0) is 15.7. The van der Waals surface area contributed by atoms with E-state index in [2.05, 4.69) is 73.2 Å². The number of nitrogens with one attached hydrogen (secondary N) is 1. The van der Waals surface area contributed by atoms with Gasteiger partial charge in [-0.2, -0.15) is 0 Å². The molecule has 0 amide bonds. The molecule has 1 aromatic carbocycles. The van der Waals surface area contributed by atoms with Crippen molar-refractivity contribution in [3.63, 3.8) is 0 Å². The van der Waals surface area contributed by atoms with Crippen LogP contribution in [-0.4, -0.2) is 31.9 Å². The van der Waals surface area contributed by atoms with Crippen LogP contribution < -0.4 is 5.32 Å². The van der Waals surface area contributed by atoms with E-state index >= 15 is 0 Å².